The van der Waals surface area contributed by atoms with Crippen molar-refractivity contribution in [2.75, 3.05) is 25.0 Å². The molecule has 1 aliphatic rings. The molecule has 0 bridgehead atoms. The van der Waals surface area contributed by atoms with Gasteiger partial charge in [-0.2, -0.15) is 0 Å². The van der Waals surface area contributed by atoms with Crippen molar-refractivity contribution in [1.29, 1.82) is 0 Å². The smallest absolute Gasteiger partial charge is 0.410 e. The van der Waals surface area contributed by atoms with Gasteiger partial charge in [-0.1, -0.05) is 12.1 Å². The Kier molecular flexibility index (Phi) is 8.89. The van der Waals surface area contributed by atoms with Crippen molar-refractivity contribution in [3.63, 3.8) is 0 Å². The first kappa shape index (κ1) is 26.2. The van der Waals surface area contributed by atoms with E-state index in [0.29, 0.717) is 26.1 Å². The van der Waals surface area contributed by atoms with Crippen molar-refractivity contribution in [2.45, 2.75) is 58.3 Å². The first-order valence-corrected chi connectivity index (χ1v) is 11.8. The van der Waals surface area contributed by atoms with E-state index in [2.05, 4.69) is 10.6 Å². The molecule has 0 aromatic heterocycles. The highest BCUT2D eigenvalue weighted by Crippen LogP contribution is 2.19. The lowest BCUT2D eigenvalue weighted by Gasteiger charge is -2.32. The number of ether oxygens (including phenoxy) is 2. The minimum absolute atomic E-state index is 0.0129. The molecule has 1 fully saturated rings. The number of likely N-dealkylation sites (tertiary alicyclic amines) is 1. The zero-order chi connectivity index (χ0) is 25.4. The highest BCUT2D eigenvalue weighted by atomic mass is 19.1. The Morgan fingerprint density at radius 2 is 1.74 bits per heavy atom. The monoisotopic (exact) mass is 489 g/mol. The molecule has 2 amide bonds. The van der Waals surface area contributed by atoms with Gasteiger partial charge in [0.2, 0.25) is 0 Å². The molecule has 3 rings (SSSR count). The van der Waals surface area contributed by atoms with E-state index >= 15 is 0 Å². The van der Waals surface area contributed by atoms with Crippen molar-refractivity contribution < 1.29 is 27.8 Å². The van der Waals surface area contributed by atoms with Gasteiger partial charge in [-0.05, 0) is 75.9 Å². The molecule has 1 heterocycles. The SMILES string of the molecule is CC(C)(C)OC(=O)NCCc1ccc(NC2CCN(C(=O)OCc3cc(F)ccc3F)CC2)cc1. The summed E-state index contributed by atoms with van der Waals surface area (Å²) < 4.78 is 37.3. The van der Waals surface area contributed by atoms with Crippen molar-refractivity contribution >= 4 is 17.9 Å². The standard InChI is InChI=1S/C26H33F2N3O4/c1-26(2,3)35-24(32)29-13-10-18-4-7-21(8-5-18)30-22-11-14-31(15-12-22)25(33)34-17-19-16-20(27)6-9-23(19)28/h4-9,16,22,30H,10-15,17H2,1-3H3,(H,29,32). The number of anilines is 1. The lowest BCUT2D eigenvalue weighted by molar-refractivity contribution is 0.0528. The van der Waals surface area contributed by atoms with Crippen LogP contribution < -0.4 is 10.6 Å². The summed E-state index contributed by atoms with van der Waals surface area (Å²) in [5.41, 5.74) is 1.57. The third-order valence-corrected chi connectivity index (χ3v) is 5.52. The van der Waals surface area contributed by atoms with E-state index < -0.39 is 29.4 Å². The van der Waals surface area contributed by atoms with Gasteiger partial charge in [-0.25, -0.2) is 18.4 Å². The zero-order valence-corrected chi connectivity index (χ0v) is 20.4. The highest BCUT2D eigenvalue weighted by molar-refractivity contribution is 5.68. The van der Waals surface area contributed by atoms with Crippen LogP contribution in [0.2, 0.25) is 0 Å². The fourth-order valence-electron chi connectivity index (χ4n) is 3.72. The largest absolute Gasteiger partial charge is 0.444 e. The summed E-state index contributed by atoms with van der Waals surface area (Å²) in [7, 11) is 0. The Morgan fingerprint density at radius 3 is 2.40 bits per heavy atom. The molecule has 0 unspecified atom stereocenters. The van der Waals surface area contributed by atoms with E-state index in [1.54, 1.807) is 4.90 Å². The van der Waals surface area contributed by atoms with E-state index in [1.807, 2.05) is 45.0 Å². The summed E-state index contributed by atoms with van der Waals surface area (Å²) in [5.74, 6) is -1.18. The third kappa shape index (κ3) is 8.73. The van der Waals surface area contributed by atoms with Gasteiger partial charge in [0.15, 0.2) is 0 Å². The second-order valence-corrected chi connectivity index (χ2v) is 9.57. The summed E-state index contributed by atoms with van der Waals surface area (Å²) in [4.78, 5) is 25.6. The fourth-order valence-corrected chi connectivity index (χ4v) is 3.72. The zero-order valence-electron chi connectivity index (χ0n) is 20.4. The van der Waals surface area contributed by atoms with Crippen molar-refractivity contribution in [3.8, 4) is 0 Å². The number of rotatable bonds is 7. The summed E-state index contributed by atoms with van der Waals surface area (Å²) in [6.45, 7) is 6.68. The minimum atomic E-state index is -0.604. The van der Waals surface area contributed by atoms with E-state index in [1.165, 1.54) is 0 Å². The number of hydrogen-bond acceptors (Lipinski definition) is 5. The van der Waals surface area contributed by atoms with Gasteiger partial charge in [0.05, 0.1) is 0 Å². The molecule has 35 heavy (non-hydrogen) atoms. The predicted molar refractivity (Wildman–Crippen MR) is 129 cm³/mol. The lowest BCUT2D eigenvalue weighted by atomic mass is 10.0. The van der Waals surface area contributed by atoms with Gasteiger partial charge in [0.25, 0.3) is 0 Å². The molecule has 1 aliphatic heterocycles. The van der Waals surface area contributed by atoms with Crippen LogP contribution in [0, 0.1) is 11.6 Å². The number of halogens is 2. The van der Waals surface area contributed by atoms with Gasteiger partial charge >= 0.3 is 12.2 Å². The molecule has 2 N–H and O–H groups in total. The molecule has 0 spiro atoms. The Morgan fingerprint density at radius 1 is 1.06 bits per heavy atom. The van der Waals surface area contributed by atoms with Gasteiger partial charge in [-0.15, -0.1) is 0 Å². The molecule has 9 heteroatoms. The maximum Gasteiger partial charge on any atom is 0.410 e. The summed E-state index contributed by atoms with van der Waals surface area (Å²) in [6.07, 6.45) is 1.22. The number of amides is 2. The molecule has 190 valence electrons. The van der Waals surface area contributed by atoms with E-state index in [9.17, 15) is 18.4 Å². The van der Waals surface area contributed by atoms with Gasteiger partial charge in [-0.3, -0.25) is 0 Å². The molecular weight excluding hydrogens is 456 g/mol. The highest BCUT2D eigenvalue weighted by Gasteiger charge is 2.24. The quantitative estimate of drug-likeness (QED) is 0.556. The molecule has 0 atom stereocenters. The van der Waals surface area contributed by atoms with Crippen LogP contribution in [0.1, 0.15) is 44.7 Å². The van der Waals surface area contributed by atoms with Crippen LogP contribution in [-0.4, -0.2) is 48.4 Å². The van der Waals surface area contributed by atoms with Gasteiger partial charge in [0, 0.05) is 36.9 Å². The number of alkyl carbamates (subject to hydrolysis) is 1. The van der Waals surface area contributed by atoms with Crippen molar-refractivity contribution in [3.05, 3.63) is 65.2 Å². The van der Waals surface area contributed by atoms with E-state index in [0.717, 1.165) is 42.3 Å². The van der Waals surface area contributed by atoms with Gasteiger partial charge < -0.3 is 25.0 Å². The number of piperidine rings is 1. The Bertz CT molecular complexity index is 1000. The molecule has 1 saturated heterocycles. The normalized spacial score (nSPS) is 14.4. The number of nitrogens with zero attached hydrogens (tertiary/aromatic N) is 1. The summed E-state index contributed by atoms with van der Waals surface area (Å²) in [6, 6.07) is 11.3. The fraction of sp³-hybridized carbons (Fsp3) is 0.462. The molecule has 0 aliphatic carbocycles. The number of nitrogens with one attached hydrogen (secondary N) is 2. The molecule has 2 aromatic carbocycles. The Hall–Kier alpha value is -3.36. The van der Waals surface area contributed by atoms with Crippen molar-refractivity contribution in [2.24, 2.45) is 0 Å². The second-order valence-electron chi connectivity index (χ2n) is 9.57. The number of carbonyl (C=O) groups excluding carboxylic acids is 2. The van der Waals surface area contributed by atoms with Crippen LogP contribution in [0.15, 0.2) is 42.5 Å². The van der Waals surface area contributed by atoms with Crippen LogP contribution in [-0.2, 0) is 22.5 Å². The predicted octanol–water partition coefficient (Wildman–Crippen LogP) is 5.25. The first-order chi connectivity index (χ1) is 16.6. The Balaban J connectivity index is 1.36. The number of carbonyl (C=O) groups is 2. The van der Waals surface area contributed by atoms with E-state index in [4.69, 9.17) is 9.47 Å². The number of benzene rings is 2. The maximum atomic E-state index is 13.7. The van der Waals surface area contributed by atoms with Crippen molar-refractivity contribution in [1.82, 2.24) is 10.2 Å². The average molecular weight is 490 g/mol. The van der Waals surface area contributed by atoms with Gasteiger partial charge in [0.1, 0.15) is 23.8 Å². The van der Waals surface area contributed by atoms with E-state index in [-0.39, 0.29) is 18.2 Å². The molecule has 0 saturated carbocycles. The van der Waals surface area contributed by atoms with Crippen LogP contribution in [0.25, 0.3) is 0 Å². The average Bonchev–Trinajstić information content (AvgIpc) is 2.80. The number of hydrogen-bond donors (Lipinski definition) is 2. The van der Waals surface area contributed by atoms with Crippen LogP contribution in [0.5, 0.6) is 0 Å². The molecular formula is C26H33F2N3O4. The van der Waals surface area contributed by atoms with Crippen LogP contribution >= 0.6 is 0 Å². The second kappa shape index (κ2) is 11.9. The summed E-state index contributed by atoms with van der Waals surface area (Å²) in [5, 5.41) is 6.23. The summed E-state index contributed by atoms with van der Waals surface area (Å²) >= 11 is 0. The van der Waals surface area contributed by atoms with Crippen LogP contribution in [0.4, 0.5) is 24.1 Å². The third-order valence-electron chi connectivity index (χ3n) is 5.52. The van der Waals surface area contributed by atoms with Crippen LogP contribution in [0.3, 0.4) is 0 Å². The maximum absolute atomic E-state index is 13.7. The molecule has 7 nitrogen and oxygen atoms in total. The first-order valence-electron chi connectivity index (χ1n) is 11.8. The molecule has 0 radical (unpaired) electrons. The molecule has 2 aromatic rings. The Labute approximate surface area is 204 Å². The topological polar surface area (TPSA) is 79.9 Å². The lowest BCUT2D eigenvalue weighted by Crippen LogP contribution is -2.42. The minimum Gasteiger partial charge on any atom is -0.444 e.